The average molecular weight is 272 g/mol. The Morgan fingerprint density at radius 2 is 1.87 bits per heavy atom. The third-order valence-corrected chi connectivity index (χ3v) is 2.58. The zero-order chi connectivity index (χ0) is 11.3. The lowest BCUT2D eigenvalue weighted by atomic mass is 10.1. The van der Waals surface area contributed by atoms with Gasteiger partial charge < -0.3 is 10.5 Å². The molecule has 0 aliphatic heterocycles. The summed E-state index contributed by atoms with van der Waals surface area (Å²) >= 11 is 3.38. The molecule has 0 spiro atoms. The quantitative estimate of drug-likeness (QED) is 0.893. The fourth-order valence-corrected chi connectivity index (χ4v) is 1.67. The predicted octanol–water partition coefficient (Wildman–Crippen LogP) is 3.20. The van der Waals surface area contributed by atoms with Crippen LogP contribution in [-0.4, -0.2) is 12.6 Å². The van der Waals surface area contributed by atoms with Gasteiger partial charge in [-0.15, -0.1) is 0 Å². The lowest BCUT2D eigenvalue weighted by Gasteiger charge is -2.14. The minimum atomic E-state index is 0.119. The van der Waals surface area contributed by atoms with Crippen molar-refractivity contribution in [2.75, 3.05) is 6.61 Å². The van der Waals surface area contributed by atoms with E-state index in [1.54, 1.807) is 0 Å². The molecule has 1 aromatic carbocycles. The molecule has 84 valence electrons. The first-order valence-electron chi connectivity index (χ1n) is 5.22. The topological polar surface area (TPSA) is 35.2 Å². The van der Waals surface area contributed by atoms with E-state index < -0.39 is 0 Å². The van der Waals surface area contributed by atoms with Gasteiger partial charge in [-0.1, -0.05) is 29.8 Å². The van der Waals surface area contributed by atoms with Gasteiger partial charge >= 0.3 is 0 Å². The Kier molecular flexibility index (Phi) is 5.12. The molecule has 15 heavy (non-hydrogen) atoms. The standard InChI is InChI=1S/C12H18BrNO/c1-9(2)7-11(14)8-15-12-5-3-10(13)4-6-12/h3-6,9,11H,7-8,14H2,1-2H3. The van der Waals surface area contributed by atoms with E-state index in [4.69, 9.17) is 10.5 Å². The number of rotatable bonds is 5. The van der Waals surface area contributed by atoms with Crippen molar-refractivity contribution >= 4 is 15.9 Å². The Labute approximate surface area is 99.9 Å². The van der Waals surface area contributed by atoms with Crippen molar-refractivity contribution in [3.05, 3.63) is 28.7 Å². The molecular weight excluding hydrogens is 254 g/mol. The first kappa shape index (κ1) is 12.5. The molecule has 2 nitrogen and oxygen atoms in total. The second kappa shape index (κ2) is 6.13. The van der Waals surface area contributed by atoms with E-state index in [0.717, 1.165) is 16.6 Å². The molecule has 0 bridgehead atoms. The maximum atomic E-state index is 5.92. The Balaban J connectivity index is 2.33. The van der Waals surface area contributed by atoms with Crippen molar-refractivity contribution < 1.29 is 4.74 Å². The molecule has 0 amide bonds. The van der Waals surface area contributed by atoms with Crippen LogP contribution in [0.25, 0.3) is 0 Å². The van der Waals surface area contributed by atoms with Gasteiger partial charge in [-0.25, -0.2) is 0 Å². The molecule has 1 aromatic rings. The number of hydrogen-bond acceptors (Lipinski definition) is 2. The van der Waals surface area contributed by atoms with Gasteiger partial charge in [0.1, 0.15) is 12.4 Å². The highest BCUT2D eigenvalue weighted by Crippen LogP contribution is 2.16. The van der Waals surface area contributed by atoms with Gasteiger partial charge in [-0.05, 0) is 36.6 Å². The first-order valence-corrected chi connectivity index (χ1v) is 6.01. The van der Waals surface area contributed by atoms with Gasteiger partial charge in [0, 0.05) is 10.5 Å². The maximum Gasteiger partial charge on any atom is 0.119 e. The van der Waals surface area contributed by atoms with Crippen molar-refractivity contribution in [2.45, 2.75) is 26.3 Å². The number of nitrogens with two attached hydrogens (primary N) is 1. The second-order valence-electron chi connectivity index (χ2n) is 4.15. The van der Waals surface area contributed by atoms with Crippen LogP contribution in [0.3, 0.4) is 0 Å². The molecule has 0 radical (unpaired) electrons. The summed E-state index contributed by atoms with van der Waals surface area (Å²) in [5, 5.41) is 0. The molecule has 3 heteroatoms. The summed E-state index contributed by atoms with van der Waals surface area (Å²) < 4.78 is 6.63. The molecule has 0 fully saturated rings. The van der Waals surface area contributed by atoms with Crippen LogP contribution in [0.4, 0.5) is 0 Å². The van der Waals surface area contributed by atoms with Crippen molar-refractivity contribution in [2.24, 2.45) is 11.7 Å². The Morgan fingerprint density at radius 1 is 1.27 bits per heavy atom. The van der Waals surface area contributed by atoms with E-state index in [9.17, 15) is 0 Å². The summed E-state index contributed by atoms with van der Waals surface area (Å²) in [6, 6.07) is 7.92. The van der Waals surface area contributed by atoms with E-state index in [2.05, 4.69) is 29.8 Å². The summed E-state index contributed by atoms with van der Waals surface area (Å²) in [5.74, 6) is 1.49. The average Bonchev–Trinajstić information content (AvgIpc) is 2.16. The summed E-state index contributed by atoms with van der Waals surface area (Å²) in [5.41, 5.74) is 5.92. The molecule has 2 N–H and O–H groups in total. The number of ether oxygens (including phenoxy) is 1. The fraction of sp³-hybridized carbons (Fsp3) is 0.500. The van der Waals surface area contributed by atoms with Crippen molar-refractivity contribution in [3.63, 3.8) is 0 Å². The molecule has 0 saturated carbocycles. The molecule has 0 saturated heterocycles. The molecule has 0 aliphatic rings. The molecule has 1 rings (SSSR count). The minimum absolute atomic E-state index is 0.119. The number of benzene rings is 1. The van der Waals surface area contributed by atoms with E-state index in [1.165, 1.54) is 0 Å². The molecule has 1 unspecified atom stereocenters. The van der Waals surface area contributed by atoms with Crippen LogP contribution in [0.15, 0.2) is 28.7 Å². The third-order valence-electron chi connectivity index (χ3n) is 2.05. The summed E-state index contributed by atoms with van der Waals surface area (Å²) in [7, 11) is 0. The Bertz CT molecular complexity index is 284. The lowest BCUT2D eigenvalue weighted by molar-refractivity contribution is 0.271. The van der Waals surface area contributed by atoms with Gasteiger partial charge in [0.2, 0.25) is 0 Å². The Morgan fingerprint density at radius 3 is 2.40 bits per heavy atom. The van der Waals surface area contributed by atoms with E-state index in [1.807, 2.05) is 24.3 Å². The molecule has 0 aliphatic carbocycles. The maximum absolute atomic E-state index is 5.92. The van der Waals surface area contributed by atoms with E-state index in [0.29, 0.717) is 12.5 Å². The normalized spacial score (nSPS) is 12.9. The largest absolute Gasteiger partial charge is 0.492 e. The monoisotopic (exact) mass is 271 g/mol. The third kappa shape index (κ3) is 5.19. The van der Waals surface area contributed by atoms with Crippen LogP contribution in [-0.2, 0) is 0 Å². The number of halogens is 1. The predicted molar refractivity (Wildman–Crippen MR) is 67.1 cm³/mol. The van der Waals surface area contributed by atoms with Crippen LogP contribution >= 0.6 is 15.9 Å². The molecule has 1 atom stereocenters. The minimum Gasteiger partial charge on any atom is -0.492 e. The van der Waals surface area contributed by atoms with Crippen LogP contribution in [0, 0.1) is 5.92 Å². The summed E-state index contributed by atoms with van der Waals surface area (Å²) in [4.78, 5) is 0. The molecule has 0 heterocycles. The zero-order valence-electron chi connectivity index (χ0n) is 9.24. The summed E-state index contributed by atoms with van der Waals surface area (Å²) in [6.45, 7) is 4.92. The first-order chi connectivity index (χ1) is 7.08. The van der Waals surface area contributed by atoms with Crippen LogP contribution < -0.4 is 10.5 Å². The zero-order valence-corrected chi connectivity index (χ0v) is 10.8. The van der Waals surface area contributed by atoms with Crippen molar-refractivity contribution in [3.8, 4) is 5.75 Å². The highest BCUT2D eigenvalue weighted by Gasteiger charge is 2.06. The van der Waals surface area contributed by atoms with E-state index in [-0.39, 0.29) is 6.04 Å². The van der Waals surface area contributed by atoms with E-state index >= 15 is 0 Å². The highest BCUT2D eigenvalue weighted by molar-refractivity contribution is 9.10. The molecule has 0 aromatic heterocycles. The van der Waals surface area contributed by atoms with Crippen molar-refractivity contribution in [1.82, 2.24) is 0 Å². The van der Waals surface area contributed by atoms with Gasteiger partial charge in [0.05, 0.1) is 0 Å². The SMILES string of the molecule is CC(C)CC(N)COc1ccc(Br)cc1. The Hall–Kier alpha value is -0.540. The van der Waals surface area contributed by atoms with Gasteiger partial charge in [0.15, 0.2) is 0 Å². The lowest BCUT2D eigenvalue weighted by Crippen LogP contribution is -2.29. The molecular formula is C12H18BrNO. The van der Waals surface area contributed by atoms with Gasteiger partial charge in [-0.2, -0.15) is 0 Å². The van der Waals surface area contributed by atoms with Crippen LogP contribution in [0.1, 0.15) is 20.3 Å². The van der Waals surface area contributed by atoms with Gasteiger partial charge in [0.25, 0.3) is 0 Å². The highest BCUT2D eigenvalue weighted by atomic mass is 79.9. The number of hydrogen-bond donors (Lipinski definition) is 1. The van der Waals surface area contributed by atoms with Crippen molar-refractivity contribution in [1.29, 1.82) is 0 Å². The second-order valence-corrected chi connectivity index (χ2v) is 5.07. The fourth-order valence-electron chi connectivity index (χ4n) is 1.41. The smallest absolute Gasteiger partial charge is 0.119 e. The van der Waals surface area contributed by atoms with Crippen LogP contribution in [0.5, 0.6) is 5.75 Å². The van der Waals surface area contributed by atoms with Crippen LogP contribution in [0.2, 0.25) is 0 Å². The van der Waals surface area contributed by atoms with Gasteiger partial charge in [-0.3, -0.25) is 0 Å². The summed E-state index contributed by atoms with van der Waals surface area (Å²) in [6.07, 6.45) is 0.997.